The maximum absolute atomic E-state index is 12.2. The first-order valence-electron chi connectivity index (χ1n) is 5.90. The molecule has 1 saturated heterocycles. The van der Waals surface area contributed by atoms with Crippen molar-refractivity contribution in [1.82, 2.24) is 14.7 Å². The van der Waals surface area contributed by atoms with Crippen molar-refractivity contribution in [1.29, 1.82) is 0 Å². The summed E-state index contributed by atoms with van der Waals surface area (Å²) in [5.74, 6) is -1.25. The maximum atomic E-state index is 12.2. The van der Waals surface area contributed by atoms with Crippen LogP contribution in [0.5, 0.6) is 0 Å². The van der Waals surface area contributed by atoms with Crippen LogP contribution in [0.25, 0.3) is 0 Å². The van der Waals surface area contributed by atoms with E-state index in [0.29, 0.717) is 13.0 Å². The van der Waals surface area contributed by atoms with Crippen molar-refractivity contribution in [3.63, 3.8) is 0 Å². The molecule has 0 spiro atoms. The van der Waals surface area contributed by atoms with Crippen molar-refractivity contribution < 1.29 is 14.7 Å². The van der Waals surface area contributed by atoms with Crippen molar-refractivity contribution in [2.45, 2.75) is 13.3 Å². The molecule has 2 rings (SSSR count). The van der Waals surface area contributed by atoms with Gasteiger partial charge in [-0.25, -0.2) is 4.68 Å². The van der Waals surface area contributed by atoms with Crippen molar-refractivity contribution in [2.75, 3.05) is 13.1 Å². The van der Waals surface area contributed by atoms with Gasteiger partial charge in [0.2, 0.25) is 0 Å². The number of carboxylic acids is 1. The zero-order chi connectivity index (χ0) is 14.2. The molecule has 1 atom stereocenters. The number of rotatable bonds is 2. The van der Waals surface area contributed by atoms with Crippen LogP contribution >= 0.6 is 0 Å². The van der Waals surface area contributed by atoms with Gasteiger partial charge in [0.25, 0.3) is 11.5 Å². The lowest BCUT2D eigenvalue weighted by Gasteiger charge is -2.19. The zero-order valence-corrected chi connectivity index (χ0v) is 10.8. The van der Waals surface area contributed by atoms with Gasteiger partial charge in [-0.05, 0) is 19.4 Å². The minimum atomic E-state index is -0.906. The Morgan fingerprint density at radius 2 is 2.11 bits per heavy atom. The van der Waals surface area contributed by atoms with Crippen molar-refractivity contribution >= 4 is 11.9 Å². The second-order valence-electron chi connectivity index (χ2n) is 5.02. The number of carboxylic acid groups (broad SMARTS) is 1. The van der Waals surface area contributed by atoms with Gasteiger partial charge < -0.3 is 10.0 Å². The Balaban J connectivity index is 2.20. The topological polar surface area (TPSA) is 92.5 Å². The van der Waals surface area contributed by atoms with Crippen LogP contribution in [0.4, 0.5) is 0 Å². The number of carbonyl (C=O) groups excluding carboxylic acids is 1. The molecule has 1 N–H and O–H groups in total. The van der Waals surface area contributed by atoms with Gasteiger partial charge >= 0.3 is 5.97 Å². The fourth-order valence-corrected chi connectivity index (χ4v) is 2.09. The summed E-state index contributed by atoms with van der Waals surface area (Å²) in [5.41, 5.74) is -1.05. The van der Waals surface area contributed by atoms with Gasteiger partial charge in [0.1, 0.15) is 5.69 Å². The van der Waals surface area contributed by atoms with Crippen molar-refractivity contribution in [2.24, 2.45) is 12.5 Å². The van der Waals surface area contributed by atoms with Crippen LogP contribution in [0.3, 0.4) is 0 Å². The third-order valence-corrected chi connectivity index (χ3v) is 3.46. The van der Waals surface area contributed by atoms with Crippen LogP contribution < -0.4 is 5.56 Å². The molecule has 0 saturated carbocycles. The number of aromatic nitrogens is 2. The van der Waals surface area contributed by atoms with Gasteiger partial charge in [-0.2, -0.15) is 5.10 Å². The average molecular weight is 265 g/mol. The normalized spacial score (nSPS) is 22.5. The molecular formula is C12H15N3O4. The summed E-state index contributed by atoms with van der Waals surface area (Å²) in [6.45, 7) is 2.16. The molecular weight excluding hydrogens is 250 g/mol. The molecule has 7 nitrogen and oxygen atoms in total. The lowest BCUT2D eigenvalue weighted by atomic mass is 9.90. The summed E-state index contributed by atoms with van der Waals surface area (Å²) in [6.07, 6.45) is 0.417. The summed E-state index contributed by atoms with van der Waals surface area (Å²) in [4.78, 5) is 36.0. The molecule has 0 aliphatic carbocycles. The standard InChI is InChI=1S/C12H15N3O4/c1-12(11(18)19)5-6-15(7-12)10(17)8-3-4-9(16)14(2)13-8/h3-4H,5-7H2,1-2H3,(H,18,19). The van der Waals surface area contributed by atoms with Crippen LogP contribution in [0.15, 0.2) is 16.9 Å². The Morgan fingerprint density at radius 3 is 2.63 bits per heavy atom. The van der Waals surface area contributed by atoms with Gasteiger partial charge in [-0.1, -0.05) is 0 Å². The van der Waals surface area contributed by atoms with E-state index in [4.69, 9.17) is 5.11 Å². The Hall–Kier alpha value is -2.18. The van der Waals surface area contributed by atoms with Crippen LogP contribution in [-0.2, 0) is 11.8 Å². The summed E-state index contributed by atoms with van der Waals surface area (Å²) in [7, 11) is 1.46. The van der Waals surface area contributed by atoms with Gasteiger partial charge in [-0.15, -0.1) is 0 Å². The molecule has 19 heavy (non-hydrogen) atoms. The summed E-state index contributed by atoms with van der Waals surface area (Å²) >= 11 is 0. The number of aryl methyl sites for hydroxylation is 1. The quantitative estimate of drug-likeness (QED) is 0.793. The zero-order valence-electron chi connectivity index (χ0n) is 10.8. The molecule has 0 bridgehead atoms. The molecule has 1 aliphatic rings. The molecule has 1 aromatic rings. The second kappa shape index (κ2) is 4.49. The highest BCUT2D eigenvalue weighted by Gasteiger charge is 2.42. The Bertz CT molecular complexity index is 595. The van der Waals surface area contributed by atoms with Gasteiger partial charge in [0, 0.05) is 26.2 Å². The van der Waals surface area contributed by atoms with E-state index in [1.165, 1.54) is 24.1 Å². The summed E-state index contributed by atoms with van der Waals surface area (Å²) < 4.78 is 1.08. The molecule has 1 aliphatic heterocycles. The molecule has 0 radical (unpaired) electrons. The highest BCUT2D eigenvalue weighted by Crippen LogP contribution is 2.30. The maximum Gasteiger partial charge on any atom is 0.311 e. The molecule has 1 fully saturated rings. The van der Waals surface area contributed by atoms with E-state index in [1.807, 2.05) is 0 Å². The monoisotopic (exact) mass is 265 g/mol. The van der Waals surface area contributed by atoms with Gasteiger partial charge in [0.15, 0.2) is 0 Å². The Labute approximate surface area is 109 Å². The Kier molecular flexibility index (Phi) is 3.13. The first-order valence-corrected chi connectivity index (χ1v) is 5.90. The SMILES string of the molecule is Cn1nc(C(=O)N2CCC(C)(C(=O)O)C2)ccc1=O. The lowest BCUT2D eigenvalue weighted by Crippen LogP contribution is -2.36. The fraction of sp³-hybridized carbons (Fsp3) is 0.500. The molecule has 1 aromatic heterocycles. The third-order valence-electron chi connectivity index (χ3n) is 3.46. The number of likely N-dealkylation sites (tertiary alicyclic amines) is 1. The second-order valence-corrected chi connectivity index (χ2v) is 5.02. The van der Waals surface area contributed by atoms with E-state index in [0.717, 1.165) is 4.68 Å². The predicted molar refractivity (Wildman–Crippen MR) is 65.7 cm³/mol. The summed E-state index contributed by atoms with van der Waals surface area (Å²) in [5, 5.41) is 13.0. The minimum Gasteiger partial charge on any atom is -0.481 e. The fourth-order valence-electron chi connectivity index (χ4n) is 2.09. The largest absolute Gasteiger partial charge is 0.481 e. The van der Waals surface area contributed by atoms with E-state index < -0.39 is 11.4 Å². The highest BCUT2D eigenvalue weighted by molar-refractivity contribution is 5.93. The number of aliphatic carboxylic acids is 1. The molecule has 0 aromatic carbocycles. The number of hydrogen-bond donors (Lipinski definition) is 1. The van der Waals surface area contributed by atoms with Crippen LogP contribution in [-0.4, -0.2) is 44.8 Å². The first kappa shape index (κ1) is 13.3. The first-order chi connectivity index (χ1) is 8.83. The van der Waals surface area contributed by atoms with E-state index in [2.05, 4.69) is 5.10 Å². The smallest absolute Gasteiger partial charge is 0.311 e. The van der Waals surface area contributed by atoms with Crippen LogP contribution in [0, 0.1) is 5.41 Å². The van der Waals surface area contributed by atoms with Crippen molar-refractivity contribution in [3.8, 4) is 0 Å². The average Bonchev–Trinajstić information content (AvgIpc) is 2.76. The molecule has 102 valence electrons. The number of hydrogen-bond acceptors (Lipinski definition) is 4. The number of amides is 1. The lowest BCUT2D eigenvalue weighted by molar-refractivity contribution is -0.147. The van der Waals surface area contributed by atoms with Gasteiger partial charge in [0.05, 0.1) is 5.41 Å². The molecule has 1 amide bonds. The van der Waals surface area contributed by atoms with E-state index in [1.54, 1.807) is 6.92 Å². The summed E-state index contributed by atoms with van der Waals surface area (Å²) in [6, 6.07) is 2.63. The van der Waals surface area contributed by atoms with Gasteiger partial charge in [-0.3, -0.25) is 14.4 Å². The number of carbonyl (C=O) groups is 2. The van der Waals surface area contributed by atoms with Crippen LogP contribution in [0.2, 0.25) is 0 Å². The van der Waals surface area contributed by atoms with Crippen LogP contribution in [0.1, 0.15) is 23.8 Å². The molecule has 7 heteroatoms. The molecule has 2 heterocycles. The Morgan fingerprint density at radius 1 is 1.42 bits per heavy atom. The van der Waals surface area contributed by atoms with Crippen molar-refractivity contribution in [3.05, 3.63) is 28.2 Å². The molecule has 1 unspecified atom stereocenters. The highest BCUT2D eigenvalue weighted by atomic mass is 16.4. The number of nitrogens with zero attached hydrogens (tertiary/aromatic N) is 3. The minimum absolute atomic E-state index is 0.150. The third kappa shape index (κ3) is 2.35. The van der Waals surface area contributed by atoms with E-state index in [9.17, 15) is 14.4 Å². The van der Waals surface area contributed by atoms with E-state index >= 15 is 0 Å². The predicted octanol–water partition coefficient (Wildman–Crippen LogP) is -0.283. The van der Waals surface area contributed by atoms with E-state index in [-0.39, 0.29) is 23.7 Å².